The van der Waals surface area contributed by atoms with Gasteiger partial charge in [0, 0.05) is 25.0 Å². The van der Waals surface area contributed by atoms with E-state index in [0.29, 0.717) is 5.56 Å². The molecule has 0 aliphatic carbocycles. The van der Waals surface area contributed by atoms with Crippen LogP contribution < -0.4 is 56.7 Å². The predicted molar refractivity (Wildman–Crippen MR) is 134 cm³/mol. The number of amides is 1. The quantitative estimate of drug-likeness (QED) is 0.354. The zero-order valence-corrected chi connectivity index (χ0v) is 23.7. The van der Waals surface area contributed by atoms with Crippen molar-refractivity contribution in [3.05, 3.63) is 122 Å². The molecule has 1 aromatic heterocycles. The second-order valence-electron chi connectivity index (χ2n) is 6.49. The van der Waals surface area contributed by atoms with Crippen LogP contribution in [0.1, 0.15) is 55.1 Å². The van der Waals surface area contributed by atoms with Crippen LogP contribution in [0.5, 0.6) is 0 Å². The van der Waals surface area contributed by atoms with E-state index in [9.17, 15) is 9.59 Å². The molecule has 0 saturated heterocycles. The fraction of sp³-hybridized carbons (Fsp3) is 0.214. The first-order chi connectivity index (χ1) is 15.5. The van der Waals surface area contributed by atoms with E-state index in [0.717, 1.165) is 12.8 Å². The van der Waals surface area contributed by atoms with Crippen molar-refractivity contribution < 1.29 is 61.0 Å². The van der Waals surface area contributed by atoms with Crippen molar-refractivity contribution in [3.63, 3.8) is 0 Å². The van der Waals surface area contributed by atoms with Crippen LogP contribution in [0.2, 0.25) is 0 Å². The zero-order valence-electron chi connectivity index (χ0n) is 20.6. The molecule has 0 aliphatic heterocycles. The van der Waals surface area contributed by atoms with E-state index in [1.807, 2.05) is 26.0 Å². The number of benzene rings is 2. The third kappa shape index (κ3) is 19.3. The number of hydrogen-bond acceptors (Lipinski definition) is 3. The van der Waals surface area contributed by atoms with Crippen LogP contribution in [-0.4, -0.2) is 23.7 Å². The molecule has 0 atom stereocenters. The number of pyridine rings is 1. The number of ketones is 1. The Labute approximate surface area is 243 Å². The van der Waals surface area contributed by atoms with E-state index in [1.54, 1.807) is 38.0 Å². The van der Waals surface area contributed by atoms with E-state index in [2.05, 4.69) is 72.2 Å². The van der Waals surface area contributed by atoms with Crippen molar-refractivity contribution >= 4 is 11.7 Å². The number of nitrogens with zero attached hydrogens (tertiary/aromatic N) is 1. The van der Waals surface area contributed by atoms with Crippen LogP contribution in [0.15, 0.2) is 85.2 Å². The molecule has 1 amide bonds. The van der Waals surface area contributed by atoms with Gasteiger partial charge in [0.25, 0.3) is 0 Å². The minimum Gasteiger partial charge on any atom is -0.384 e. The average Bonchev–Trinajstić information content (AvgIpc) is 2.82. The molecule has 3 aromatic rings. The molecule has 5 heteroatoms. The van der Waals surface area contributed by atoms with Crippen LogP contribution in [0.25, 0.3) is 0 Å². The van der Waals surface area contributed by atoms with Gasteiger partial charge in [-0.1, -0.05) is 50.2 Å². The summed E-state index contributed by atoms with van der Waals surface area (Å²) in [5.74, 6) is 0.0607. The molecule has 0 bridgehead atoms. The van der Waals surface area contributed by atoms with Crippen LogP contribution in [-0.2, 0) is 4.79 Å². The van der Waals surface area contributed by atoms with Gasteiger partial charge in [-0.05, 0) is 19.1 Å². The Morgan fingerprint density at radius 2 is 1.39 bits per heavy atom. The maximum Gasteiger partial charge on any atom is 1.00 e. The monoisotopic (exact) mass is 470 g/mol. The Hall–Kier alpha value is -1.89. The van der Waals surface area contributed by atoms with Gasteiger partial charge >= 0.3 is 51.4 Å². The first-order valence-electron chi connectivity index (χ1n) is 10.7. The predicted octanol–water partition coefficient (Wildman–Crippen LogP) is 3.15. The van der Waals surface area contributed by atoms with E-state index in [-0.39, 0.29) is 63.1 Å². The largest absolute Gasteiger partial charge is 1.00 e. The molecule has 0 radical (unpaired) electrons. The maximum atomic E-state index is 10.6. The molecular formula is C28H35KN2O2-2. The Balaban J connectivity index is 0. The van der Waals surface area contributed by atoms with E-state index < -0.39 is 0 Å². The molecular weight excluding hydrogens is 435 g/mol. The number of nitrogens with one attached hydrogen (secondary N) is 1. The van der Waals surface area contributed by atoms with Crippen molar-refractivity contribution in [1.82, 2.24) is 10.3 Å². The molecule has 2 aromatic carbocycles. The van der Waals surface area contributed by atoms with Crippen molar-refractivity contribution in [1.29, 1.82) is 0 Å². The number of rotatable bonds is 5. The summed E-state index contributed by atoms with van der Waals surface area (Å²) in [6.07, 6.45) is 8.77. The molecule has 33 heavy (non-hydrogen) atoms. The standard InChI is InChI=1S/C13H11.C7H7NO.C5H10NO.C3H7.K/c1-3-7-12(8-4-1)11-13-9-5-2-6-10-13;1-6(9)7-3-2-4-8-5-7;1-3-4-5(7)6-2;1-3-2;/h1-11H;2-5H,1H3;4H,3H2,1-2H3,(H,6,7);1,3H2,2H3;/q-1;;2*-1;+1. The summed E-state index contributed by atoms with van der Waals surface area (Å²) in [6.45, 7) is 8.95. The van der Waals surface area contributed by atoms with Gasteiger partial charge in [0.1, 0.15) is 0 Å². The Kier molecular flexibility index (Phi) is 23.5. The van der Waals surface area contributed by atoms with E-state index in [1.165, 1.54) is 18.1 Å². The average molecular weight is 471 g/mol. The molecule has 4 nitrogen and oxygen atoms in total. The van der Waals surface area contributed by atoms with Gasteiger partial charge in [-0.15, -0.1) is 41.8 Å². The van der Waals surface area contributed by atoms with Gasteiger partial charge in [0.05, 0.1) is 5.91 Å². The summed E-state index contributed by atoms with van der Waals surface area (Å²) in [5, 5.41) is 2.47. The van der Waals surface area contributed by atoms with Gasteiger partial charge in [-0.3, -0.25) is 9.78 Å². The van der Waals surface area contributed by atoms with Crippen LogP contribution in [0, 0.1) is 19.8 Å². The molecule has 1 heterocycles. The molecule has 1 N–H and O–H groups in total. The SMILES string of the molecule is CC(=O)c1cccnc1.CC[CH-]C(=O)NC.[CH2-]CC.[K+].c1ccc([CH-]c2ccccc2)cc1. The van der Waals surface area contributed by atoms with Gasteiger partial charge in [-0.2, -0.15) is 12.8 Å². The fourth-order valence-electron chi connectivity index (χ4n) is 2.15. The summed E-state index contributed by atoms with van der Waals surface area (Å²) < 4.78 is 0. The minimum atomic E-state index is 0. The third-order valence-electron chi connectivity index (χ3n) is 3.64. The van der Waals surface area contributed by atoms with Crippen molar-refractivity contribution in [2.75, 3.05) is 7.05 Å². The summed E-state index contributed by atoms with van der Waals surface area (Å²) in [5.41, 5.74) is 3.15. The van der Waals surface area contributed by atoms with Crippen LogP contribution in [0.3, 0.4) is 0 Å². The first-order valence-corrected chi connectivity index (χ1v) is 10.7. The second-order valence-corrected chi connectivity index (χ2v) is 6.49. The number of carbonyl (C=O) groups excluding carboxylic acids is 2. The molecule has 172 valence electrons. The molecule has 0 fully saturated rings. The van der Waals surface area contributed by atoms with Gasteiger partial charge in [0.15, 0.2) is 5.78 Å². The van der Waals surface area contributed by atoms with Crippen LogP contribution >= 0.6 is 0 Å². The first kappa shape index (κ1) is 33.3. The van der Waals surface area contributed by atoms with Crippen LogP contribution in [0.4, 0.5) is 0 Å². The second kappa shape index (κ2) is 23.3. The number of hydrogen-bond donors (Lipinski definition) is 1. The smallest absolute Gasteiger partial charge is 0.384 e. The van der Waals surface area contributed by atoms with Gasteiger partial charge in [-0.25, -0.2) is 0 Å². The molecule has 0 aliphatic rings. The number of Topliss-reactive ketones (excluding diaryl/α,β-unsaturated/α-hetero) is 1. The number of carbonyl (C=O) groups is 2. The third-order valence-corrected chi connectivity index (χ3v) is 3.64. The van der Waals surface area contributed by atoms with Crippen molar-refractivity contribution in [3.8, 4) is 0 Å². The summed E-state index contributed by atoms with van der Waals surface area (Å²) in [4.78, 5) is 24.6. The fourth-order valence-corrected chi connectivity index (χ4v) is 2.15. The summed E-state index contributed by atoms with van der Waals surface area (Å²) >= 11 is 0. The molecule has 0 unspecified atom stereocenters. The minimum absolute atomic E-state index is 0. The van der Waals surface area contributed by atoms with E-state index >= 15 is 0 Å². The van der Waals surface area contributed by atoms with E-state index in [4.69, 9.17) is 0 Å². The molecule has 0 saturated carbocycles. The Bertz CT molecular complexity index is 804. The molecule has 3 rings (SSSR count). The van der Waals surface area contributed by atoms with Gasteiger partial charge in [0.2, 0.25) is 0 Å². The molecule has 0 spiro atoms. The zero-order chi connectivity index (χ0) is 24.0. The van der Waals surface area contributed by atoms with Crippen molar-refractivity contribution in [2.24, 2.45) is 0 Å². The van der Waals surface area contributed by atoms with Crippen molar-refractivity contribution in [2.45, 2.75) is 33.6 Å². The topological polar surface area (TPSA) is 59.1 Å². The Morgan fingerprint density at radius 3 is 1.67 bits per heavy atom. The normalized spacial score (nSPS) is 8.39. The summed E-state index contributed by atoms with van der Waals surface area (Å²) in [6, 6.07) is 24.2. The number of aromatic nitrogens is 1. The summed E-state index contributed by atoms with van der Waals surface area (Å²) in [7, 11) is 1.62. The maximum absolute atomic E-state index is 10.6. The van der Waals surface area contributed by atoms with Gasteiger partial charge < -0.3 is 23.5 Å². The Morgan fingerprint density at radius 1 is 0.909 bits per heavy atom.